The summed E-state index contributed by atoms with van der Waals surface area (Å²) >= 11 is 0. The Hall–Kier alpha value is -3.52. The number of likely N-dealkylation sites (N-methyl/N-ethyl adjacent to an activating group) is 1. The van der Waals surface area contributed by atoms with Crippen LogP contribution in [0.3, 0.4) is 0 Å². The molecule has 3 aromatic rings. The van der Waals surface area contributed by atoms with Gasteiger partial charge >= 0.3 is 0 Å². The number of anilines is 1. The molecule has 0 saturated carbocycles. The normalized spacial score (nSPS) is 11.0. The smallest absolute Gasteiger partial charge is 0.264 e. The van der Waals surface area contributed by atoms with Crippen molar-refractivity contribution in [3.63, 3.8) is 0 Å². The van der Waals surface area contributed by atoms with Gasteiger partial charge in [0.25, 0.3) is 10.0 Å². The third-order valence-electron chi connectivity index (χ3n) is 5.19. The minimum Gasteiger partial charge on any atom is -0.493 e. The topological polar surface area (TPSA) is 76.2 Å². The number of rotatable bonds is 9. The van der Waals surface area contributed by atoms with Gasteiger partial charge in [-0.3, -0.25) is 9.10 Å². The van der Waals surface area contributed by atoms with Crippen LogP contribution in [0.25, 0.3) is 0 Å². The van der Waals surface area contributed by atoms with Crippen molar-refractivity contribution in [2.24, 2.45) is 0 Å². The first-order chi connectivity index (χ1) is 15.8. The van der Waals surface area contributed by atoms with E-state index in [4.69, 9.17) is 9.47 Å². The van der Waals surface area contributed by atoms with Gasteiger partial charge in [-0.25, -0.2) is 8.42 Å². The van der Waals surface area contributed by atoms with Crippen LogP contribution in [0.5, 0.6) is 11.5 Å². The number of aryl methyl sites for hydroxylation is 1. The van der Waals surface area contributed by atoms with Gasteiger partial charge in [0, 0.05) is 13.6 Å². The number of carbonyl (C=O) groups is 1. The molecule has 0 unspecified atom stereocenters. The molecule has 8 heteroatoms. The zero-order valence-electron chi connectivity index (χ0n) is 19.2. The highest BCUT2D eigenvalue weighted by atomic mass is 32.2. The molecule has 7 nitrogen and oxygen atoms in total. The van der Waals surface area contributed by atoms with Crippen molar-refractivity contribution < 1.29 is 22.7 Å². The monoisotopic (exact) mass is 468 g/mol. The van der Waals surface area contributed by atoms with E-state index in [-0.39, 0.29) is 23.9 Å². The summed E-state index contributed by atoms with van der Waals surface area (Å²) in [5.74, 6) is 0.810. The standard InChI is InChI=1S/C25H28N2O5S/c1-19-9-8-10-21(15-19)27(33(29,30)22-11-6-5-7-12-22)18-25(28)26(2)17-20-13-14-23(31-3)24(16-20)32-4/h5-16H,17-18H2,1-4H3. The maximum absolute atomic E-state index is 13.4. The van der Waals surface area contributed by atoms with E-state index in [9.17, 15) is 13.2 Å². The summed E-state index contributed by atoms with van der Waals surface area (Å²) in [7, 11) is 0.801. The van der Waals surface area contributed by atoms with Gasteiger partial charge in [0.05, 0.1) is 24.8 Å². The molecular formula is C25H28N2O5S. The van der Waals surface area contributed by atoms with Crippen LogP contribution < -0.4 is 13.8 Å². The predicted octanol–water partition coefficient (Wildman–Crippen LogP) is 3.87. The first kappa shape index (κ1) is 24.1. The number of nitrogens with zero attached hydrogens (tertiary/aromatic N) is 2. The van der Waals surface area contributed by atoms with E-state index in [0.29, 0.717) is 17.2 Å². The SMILES string of the molecule is COc1ccc(CN(C)C(=O)CN(c2cccc(C)c2)S(=O)(=O)c2ccccc2)cc1OC. The fourth-order valence-electron chi connectivity index (χ4n) is 3.40. The lowest BCUT2D eigenvalue weighted by atomic mass is 10.2. The highest BCUT2D eigenvalue weighted by Gasteiger charge is 2.28. The molecule has 33 heavy (non-hydrogen) atoms. The molecule has 1 amide bonds. The Kier molecular flexibility index (Phi) is 7.60. The predicted molar refractivity (Wildman–Crippen MR) is 128 cm³/mol. The van der Waals surface area contributed by atoms with Gasteiger partial charge in [-0.15, -0.1) is 0 Å². The van der Waals surface area contributed by atoms with Crippen molar-refractivity contribution in [3.05, 3.63) is 83.9 Å². The minimum absolute atomic E-state index is 0.127. The van der Waals surface area contributed by atoms with Crippen molar-refractivity contribution in [1.29, 1.82) is 0 Å². The molecule has 0 fully saturated rings. The lowest BCUT2D eigenvalue weighted by Gasteiger charge is -2.27. The highest BCUT2D eigenvalue weighted by Crippen LogP contribution is 2.28. The van der Waals surface area contributed by atoms with E-state index >= 15 is 0 Å². The molecule has 0 aliphatic rings. The van der Waals surface area contributed by atoms with Crippen LogP contribution in [-0.2, 0) is 21.4 Å². The number of amides is 1. The van der Waals surface area contributed by atoms with Crippen LogP contribution in [0.4, 0.5) is 5.69 Å². The van der Waals surface area contributed by atoms with Crippen LogP contribution in [0.2, 0.25) is 0 Å². The molecular weight excluding hydrogens is 440 g/mol. The number of methoxy groups -OCH3 is 2. The number of benzene rings is 3. The molecule has 0 aromatic heterocycles. The Bertz CT molecular complexity index is 1210. The van der Waals surface area contributed by atoms with Crippen molar-refractivity contribution in [2.75, 3.05) is 32.1 Å². The highest BCUT2D eigenvalue weighted by molar-refractivity contribution is 7.92. The quantitative estimate of drug-likeness (QED) is 0.477. The molecule has 3 rings (SSSR count). The van der Waals surface area contributed by atoms with Crippen LogP contribution in [0.15, 0.2) is 77.7 Å². The van der Waals surface area contributed by atoms with Crippen molar-refractivity contribution in [2.45, 2.75) is 18.4 Å². The Morgan fingerprint density at radius 1 is 0.879 bits per heavy atom. The van der Waals surface area contributed by atoms with Crippen LogP contribution in [0, 0.1) is 6.92 Å². The fraction of sp³-hybridized carbons (Fsp3) is 0.240. The van der Waals surface area contributed by atoms with Gasteiger partial charge in [-0.05, 0) is 54.4 Å². The fourth-order valence-corrected chi connectivity index (χ4v) is 4.83. The molecule has 0 N–H and O–H groups in total. The van der Waals surface area contributed by atoms with Gasteiger partial charge in [-0.2, -0.15) is 0 Å². The number of sulfonamides is 1. The summed E-state index contributed by atoms with van der Waals surface area (Å²) < 4.78 is 38.6. The van der Waals surface area contributed by atoms with Crippen LogP contribution in [0.1, 0.15) is 11.1 Å². The van der Waals surface area contributed by atoms with E-state index in [1.54, 1.807) is 69.8 Å². The molecule has 0 radical (unpaired) electrons. The number of hydrogen-bond donors (Lipinski definition) is 0. The molecule has 0 aliphatic carbocycles. The summed E-state index contributed by atoms with van der Waals surface area (Å²) in [6.45, 7) is 1.83. The summed E-state index contributed by atoms with van der Waals surface area (Å²) in [6.07, 6.45) is 0. The van der Waals surface area contributed by atoms with Crippen LogP contribution >= 0.6 is 0 Å². The van der Waals surface area contributed by atoms with Gasteiger partial charge in [0.2, 0.25) is 5.91 Å². The molecule has 0 heterocycles. The van der Waals surface area contributed by atoms with Gasteiger partial charge in [0.1, 0.15) is 6.54 Å². The van der Waals surface area contributed by atoms with E-state index < -0.39 is 10.0 Å². The Balaban J connectivity index is 1.87. The number of hydrogen-bond acceptors (Lipinski definition) is 5. The second kappa shape index (κ2) is 10.4. The summed E-state index contributed by atoms with van der Waals surface area (Å²) in [5, 5.41) is 0. The molecule has 0 aliphatic heterocycles. The lowest BCUT2D eigenvalue weighted by Crippen LogP contribution is -2.41. The number of ether oxygens (including phenoxy) is 2. The molecule has 0 bridgehead atoms. The molecule has 3 aromatic carbocycles. The zero-order valence-corrected chi connectivity index (χ0v) is 20.0. The van der Waals surface area contributed by atoms with E-state index in [1.165, 1.54) is 17.0 Å². The maximum atomic E-state index is 13.4. The first-order valence-electron chi connectivity index (χ1n) is 10.4. The minimum atomic E-state index is -3.94. The Morgan fingerprint density at radius 2 is 1.58 bits per heavy atom. The van der Waals surface area contributed by atoms with Gasteiger partial charge < -0.3 is 14.4 Å². The maximum Gasteiger partial charge on any atom is 0.264 e. The summed E-state index contributed by atoms with van der Waals surface area (Å²) in [4.78, 5) is 14.8. The summed E-state index contributed by atoms with van der Waals surface area (Å²) in [6, 6.07) is 20.6. The third-order valence-corrected chi connectivity index (χ3v) is 6.98. The van der Waals surface area contributed by atoms with Gasteiger partial charge in [0.15, 0.2) is 11.5 Å². The zero-order chi connectivity index (χ0) is 24.0. The van der Waals surface area contributed by atoms with E-state index in [2.05, 4.69) is 0 Å². The Morgan fingerprint density at radius 3 is 2.21 bits per heavy atom. The summed E-state index contributed by atoms with van der Waals surface area (Å²) in [5.41, 5.74) is 2.16. The third kappa shape index (κ3) is 5.64. The Labute approximate surface area is 195 Å². The second-order valence-corrected chi connectivity index (χ2v) is 9.47. The van der Waals surface area contributed by atoms with Crippen molar-refractivity contribution in [3.8, 4) is 11.5 Å². The molecule has 0 spiro atoms. The van der Waals surface area contributed by atoms with Crippen molar-refractivity contribution >= 4 is 21.6 Å². The average molecular weight is 469 g/mol. The van der Waals surface area contributed by atoms with E-state index in [1.807, 2.05) is 19.1 Å². The van der Waals surface area contributed by atoms with Gasteiger partial charge in [-0.1, -0.05) is 36.4 Å². The number of carbonyl (C=O) groups excluding carboxylic acids is 1. The van der Waals surface area contributed by atoms with Crippen molar-refractivity contribution in [1.82, 2.24) is 4.90 Å². The molecule has 174 valence electrons. The van der Waals surface area contributed by atoms with Crippen LogP contribution in [-0.4, -0.2) is 47.0 Å². The lowest BCUT2D eigenvalue weighted by molar-refractivity contribution is -0.128. The van der Waals surface area contributed by atoms with E-state index in [0.717, 1.165) is 15.4 Å². The first-order valence-corrected chi connectivity index (χ1v) is 11.8. The molecule has 0 saturated heterocycles. The average Bonchev–Trinajstić information content (AvgIpc) is 2.82. The molecule has 0 atom stereocenters. The second-order valence-electron chi connectivity index (χ2n) is 7.60. The largest absolute Gasteiger partial charge is 0.493 e.